The van der Waals surface area contributed by atoms with Gasteiger partial charge in [0, 0.05) is 24.6 Å². The summed E-state index contributed by atoms with van der Waals surface area (Å²) >= 11 is 0. The number of pyridine rings is 1. The van der Waals surface area contributed by atoms with Crippen LogP contribution in [0.15, 0.2) is 12.1 Å². The molecule has 1 heterocycles. The molecule has 100 valence electrons. The summed E-state index contributed by atoms with van der Waals surface area (Å²) in [4.78, 5) is 14.6. The molecule has 0 saturated carbocycles. The van der Waals surface area contributed by atoms with Crippen LogP contribution in [0.4, 0.5) is 5.69 Å². The number of hydrogen-bond acceptors (Lipinski definition) is 5. The predicted molar refractivity (Wildman–Crippen MR) is 68.6 cm³/mol. The van der Waals surface area contributed by atoms with Crippen LogP contribution in [0.25, 0.3) is 0 Å². The molecular formula is C12H19N3O3. The lowest BCUT2D eigenvalue weighted by atomic mass is 9.84. The molecule has 0 fully saturated rings. The molecule has 0 aliphatic rings. The normalized spacial score (nSPS) is 13.2. The van der Waals surface area contributed by atoms with Crippen molar-refractivity contribution in [3.05, 3.63) is 27.9 Å². The minimum Gasteiger partial charge on any atom is -0.481 e. The van der Waals surface area contributed by atoms with Crippen molar-refractivity contribution in [2.24, 2.45) is 11.1 Å². The van der Waals surface area contributed by atoms with Gasteiger partial charge in [-0.15, -0.1) is 0 Å². The molecule has 6 nitrogen and oxygen atoms in total. The van der Waals surface area contributed by atoms with E-state index in [-0.39, 0.29) is 17.1 Å². The minimum absolute atomic E-state index is 0.0181. The quantitative estimate of drug-likeness (QED) is 0.653. The first-order valence-electron chi connectivity index (χ1n) is 5.69. The van der Waals surface area contributed by atoms with E-state index in [2.05, 4.69) is 4.98 Å². The molecule has 6 heteroatoms. The molecule has 0 bridgehead atoms. The highest BCUT2D eigenvalue weighted by Gasteiger charge is 2.25. The Morgan fingerprint density at radius 2 is 2.11 bits per heavy atom. The Kier molecular flexibility index (Phi) is 4.24. The highest BCUT2D eigenvalue weighted by atomic mass is 16.6. The first kappa shape index (κ1) is 14.4. The fourth-order valence-corrected chi connectivity index (χ4v) is 1.42. The topological polar surface area (TPSA) is 91.3 Å². The van der Waals surface area contributed by atoms with Gasteiger partial charge in [-0.2, -0.15) is 0 Å². The third kappa shape index (κ3) is 3.40. The zero-order valence-corrected chi connectivity index (χ0v) is 11.1. The van der Waals surface area contributed by atoms with E-state index in [0.29, 0.717) is 18.0 Å². The Bertz CT molecular complexity index is 441. The van der Waals surface area contributed by atoms with E-state index in [0.717, 1.165) is 0 Å². The largest absolute Gasteiger partial charge is 0.481 e. The van der Waals surface area contributed by atoms with E-state index in [9.17, 15) is 10.1 Å². The van der Waals surface area contributed by atoms with E-state index in [1.165, 1.54) is 19.2 Å². The van der Waals surface area contributed by atoms with Crippen molar-refractivity contribution < 1.29 is 9.66 Å². The molecule has 0 amide bonds. The molecule has 1 atom stereocenters. The molecule has 1 aromatic heterocycles. The third-order valence-electron chi connectivity index (χ3n) is 2.86. The van der Waals surface area contributed by atoms with E-state index in [4.69, 9.17) is 10.5 Å². The average molecular weight is 253 g/mol. The monoisotopic (exact) mass is 253 g/mol. The summed E-state index contributed by atoms with van der Waals surface area (Å²) in [5, 5.41) is 10.9. The minimum atomic E-state index is -0.447. The Labute approximate surface area is 106 Å². The predicted octanol–water partition coefficient (Wildman–Crippen LogP) is 1.91. The lowest BCUT2D eigenvalue weighted by Crippen LogP contribution is -2.37. The molecule has 1 unspecified atom stereocenters. The van der Waals surface area contributed by atoms with Gasteiger partial charge in [0.05, 0.1) is 12.0 Å². The second kappa shape index (κ2) is 5.30. The zero-order valence-electron chi connectivity index (χ0n) is 11.1. The zero-order chi connectivity index (χ0) is 13.9. The summed E-state index contributed by atoms with van der Waals surface area (Å²) in [5.74, 6) is 0.358. The summed E-state index contributed by atoms with van der Waals surface area (Å²) in [7, 11) is 1.47. The van der Waals surface area contributed by atoms with Gasteiger partial charge >= 0.3 is 0 Å². The van der Waals surface area contributed by atoms with Crippen LogP contribution in [0.2, 0.25) is 0 Å². The van der Waals surface area contributed by atoms with Crippen molar-refractivity contribution in [2.45, 2.75) is 33.2 Å². The van der Waals surface area contributed by atoms with Crippen LogP contribution in [0, 0.1) is 15.5 Å². The maximum Gasteiger partial charge on any atom is 0.291 e. The maximum atomic E-state index is 10.9. The SMILES string of the molecule is COc1ccc([N+](=O)[O-])c(CC(N)C(C)(C)C)n1. The van der Waals surface area contributed by atoms with Crippen LogP contribution < -0.4 is 10.5 Å². The summed E-state index contributed by atoms with van der Waals surface area (Å²) in [5.41, 5.74) is 6.24. The van der Waals surface area contributed by atoms with Gasteiger partial charge in [-0.1, -0.05) is 20.8 Å². The molecule has 0 saturated heterocycles. The van der Waals surface area contributed by atoms with Gasteiger partial charge in [-0.3, -0.25) is 10.1 Å². The molecule has 1 rings (SSSR count). The van der Waals surface area contributed by atoms with Crippen LogP contribution in [-0.2, 0) is 6.42 Å². The number of ether oxygens (including phenoxy) is 1. The summed E-state index contributed by atoms with van der Waals surface area (Å²) in [6.45, 7) is 5.97. The summed E-state index contributed by atoms with van der Waals surface area (Å²) < 4.78 is 4.98. The maximum absolute atomic E-state index is 10.9. The van der Waals surface area contributed by atoms with Crippen LogP contribution in [0.3, 0.4) is 0 Å². The fraction of sp³-hybridized carbons (Fsp3) is 0.583. The first-order valence-corrected chi connectivity index (χ1v) is 5.69. The van der Waals surface area contributed by atoms with Crippen LogP contribution in [-0.4, -0.2) is 23.1 Å². The lowest BCUT2D eigenvalue weighted by molar-refractivity contribution is -0.386. The Balaban J connectivity index is 3.08. The Morgan fingerprint density at radius 3 is 2.56 bits per heavy atom. The summed E-state index contributed by atoms with van der Waals surface area (Å²) in [6.07, 6.45) is 0.344. The van der Waals surface area contributed by atoms with Gasteiger partial charge in [0.15, 0.2) is 0 Å². The first-order chi connectivity index (χ1) is 8.25. The van der Waals surface area contributed by atoms with E-state index < -0.39 is 4.92 Å². The number of methoxy groups -OCH3 is 1. The molecule has 0 spiro atoms. The van der Waals surface area contributed by atoms with Crippen molar-refractivity contribution in [2.75, 3.05) is 7.11 Å². The van der Waals surface area contributed by atoms with E-state index in [1.54, 1.807) is 0 Å². The molecule has 18 heavy (non-hydrogen) atoms. The third-order valence-corrected chi connectivity index (χ3v) is 2.86. The molecule has 1 aromatic rings. The average Bonchev–Trinajstić information content (AvgIpc) is 2.27. The van der Waals surface area contributed by atoms with E-state index >= 15 is 0 Å². The smallest absolute Gasteiger partial charge is 0.291 e. The number of hydrogen-bond donors (Lipinski definition) is 1. The highest BCUT2D eigenvalue weighted by molar-refractivity contribution is 5.38. The number of aromatic nitrogens is 1. The van der Waals surface area contributed by atoms with Crippen molar-refractivity contribution in [1.29, 1.82) is 0 Å². The Morgan fingerprint density at radius 1 is 1.50 bits per heavy atom. The fourth-order valence-electron chi connectivity index (χ4n) is 1.42. The molecule has 0 radical (unpaired) electrons. The molecule has 2 N–H and O–H groups in total. The van der Waals surface area contributed by atoms with E-state index in [1.807, 2.05) is 20.8 Å². The van der Waals surface area contributed by atoms with Gasteiger partial charge in [0.25, 0.3) is 5.69 Å². The molecule has 0 aliphatic carbocycles. The number of nitro groups is 1. The van der Waals surface area contributed by atoms with Gasteiger partial charge in [-0.25, -0.2) is 4.98 Å². The van der Waals surface area contributed by atoms with Crippen molar-refractivity contribution in [1.82, 2.24) is 4.98 Å². The second-order valence-corrected chi connectivity index (χ2v) is 5.25. The van der Waals surface area contributed by atoms with Crippen molar-refractivity contribution in [3.8, 4) is 5.88 Å². The van der Waals surface area contributed by atoms with Gasteiger partial charge < -0.3 is 10.5 Å². The molecule has 0 aromatic carbocycles. The number of rotatable bonds is 4. The van der Waals surface area contributed by atoms with Crippen LogP contribution in [0.1, 0.15) is 26.5 Å². The lowest BCUT2D eigenvalue weighted by Gasteiger charge is -2.26. The van der Waals surface area contributed by atoms with Crippen LogP contribution in [0.5, 0.6) is 5.88 Å². The second-order valence-electron chi connectivity index (χ2n) is 5.25. The van der Waals surface area contributed by atoms with Crippen LogP contribution >= 0.6 is 0 Å². The number of nitrogens with two attached hydrogens (primary N) is 1. The molecule has 0 aliphatic heterocycles. The Hall–Kier alpha value is -1.69. The van der Waals surface area contributed by atoms with Gasteiger partial charge in [0.1, 0.15) is 5.69 Å². The molecular weight excluding hydrogens is 234 g/mol. The van der Waals surface area contributed by atoms with Gasteiger partial charge in [-0.05, 0) is 5.41 Å². The summed E-state index contributed by atoms with van der Waals surface area (Å²) in [6, 6.07) is 2.66. The standard InChI is InChI=1S/C12H19N3O3/c1-12(2,3)10(13)7-8-9(15(16)17)5-6-11(14-8)18-4/h5-6,10H,7,13H2,1-4H3. The number of nitrogens with zero attached hydrogens (tertiary/aromatic N) is 2. The van der Waals surface area contributed by atoms with Gasteiger partial charge in [0.2, 0.25) is 5.88 Å². The van der Waals surface area contributed by atoms with Crippen molar-refractivity contribution >= 4 is 5.69 Å². The van der Waals surface area contributed by atoms with Crippen molar-refractivity contribution in [3.63, 3.8) is 0 Å². The highest BCUT2D eigenvalue weighted by Crippen LogP contribution is 2.26.